The minimum atomic E-state index is -0.227. The minimum Gasteiger partial charge on any atom is -0.332 e. The summed E-state index contributed by atoms with van der Waals surface area (Å²) in [6.07, 6.45) is 5.18. The van der Waals surface area contributed by atoms with Crippen LogP contribution in [0.15, 0.2) is 48.7 Å². The molecule has 2 aliphatic heterocycles. The van der Waals surface area contributed by atoms with Crippen LogP contribution in [0.5, 0.6) is 0 Å². The average Bonchev–Trinajstić information content (AvgIpc) is 2.96. The van der Waals surface area contributed by atoms with Gasteiger partial charge in [0.1, 0.15) is 5.82 Å². The molecule has 0 aliphatic carbocycles. The Morgan fingerprint density at radius 1 is 1.00 bits per heavy atom. The van der Waals surface area contributed by atoms with E-state index in [0.29, 0.717) is 18.5 Å². The number of hydrogen-bond donors (Lipinski definition) is 0. The van der Waals surface area contributed by atoms with Crippen molar-refractivity contribution in [1.29, 1.82) is 0 Å². The van der Waals surface area contributed by atoms with Crippen molar-refractivity contribution in [2.24, 2.45) is 0 Å². The third-order valence-electron chi connectivity index (χ3n) is 5.86. The molecule has 4 nitrogen and oxygen atoms in total. The van der Waals surface area contributed by atoms with Crippen LogP contribution in [0.2, 0.25) is 0 Å². The highest BCUT2D eigenvalue weighted by Crippen LogP contribution is 2.40. The average molecular weight is 353 g/mol. The zero-order valence-electron chi connectivity index (χ0n) is 14.9. The molecule has 2 aliphatic rings. The first-order valence-electron chi connectivity index (χ1n) is 9.32. The SMILES string of the molecule is O=C1CCC2(CCN(Cc3ccccn3)CC2)N1Cc1ccccc1F. The third kappa shape index (κ3) is 3.36. The highest BCUT2D eigenvalue weighted by Gasteiger charge is 2.46. The number of carbonyl (C=O) groups excluding carboxylic acids is 1. The molecular formula is C21H24FN3O. The largest absolute Gasteiger partial charge is 0.332 e. The monoisotopic (exact) mass is 353 g/mol. The molecule has 0 saturated carbocycles. The Morgan fingerprint density at radius 2 is 1.77 bits per heavy atom. The summed E-state index contributed by atoms with van der Waals surface area (Å²) in [6.45, 7) is 3.11. The molecule has 2 fully saturated rings. The summed E-state index contributed by atoms with van der Waals surface area (Å²) in [5.41, 5.74) is 1.58. The molecule has 1 aromatic carbocycles. The molecule has 4 rings (SSSR count). The molecule has 2 aromatic rings. The first-order valence-corrected chi connectivity index (χ1v) is 9.32. The van der Waals surface area contributed by atoms with Gasteiger partial charge in [-0.15, -0.1) is 0 Å². The van der Waals surface area contributed by atoms with E-state index in [1.807, 2.05) is 35.4 Å². The summed E-state index contributed by atoms with van der Waals surface area (Å²) in [5, 5.41) is 0. The highest BCUT2D eigenvalue weighted by atomic mass is 19.1. The maximum absolute atomic E-state index is 14.1. The van der Waals surface area contributed by atoms with Gasteiger partial charge in [0.05, 0.1) is 5.69 Å². The lowest BCUT2D eigenvalue weighted by molar-refractivity contribution is -0.133. The molecule has 0 radical (unpaired) electrons. The Morgan fingerprint density at radius 3 is 2.50 bits per heavy atom. The van der Waals surface area contributed by atoms with Crippen molar-refractivity contribution in [1.82, 2.24) is 14.8 Å². The van der Waals surface area contributed by atoms with Crippen LogP contribution < -0.4 is 0 Å². The number of rotatable bonds is 4. The molecule has 0 atom stereocenters. The van der Waals surface area contributed by atoms with Crippen LogP contribution in [0.3, 0.4) is 0 Å². The number of halogens is 1. The van der Waals surface area contributed by atoms with Crippen molar-refractivity contribution in [2.45, 2.75) is 44.3 Å². The lowest BCUT2D eigenvalue weighted by Crippen LogP contribution is -2.52. The van der Waals surface area contributed by atoms with Crippen LogP contribution in [-0.4, -0.2) is 39.3 Å². The summed E-state index contributed by atoms with van der Waals surface area (Å²) in [7, 11) is 0. The molecule has 0 bridgehead atoms. The van der Waals surface area contributed by atoms with Crippen molar-refractivity contribution in [3.63, 3.8) is 0 Å². The summed E-state index contributed by atoms with van der Waals surface area (Å²) in [5.74, 6) is -0.0682. The van der Waals surface area contributed by atoms with Gasteiger partial charge in [-0.1, -0.05) is 24.3 Å². The summed E-state index contributed by atoms with van der Waals surface area (Å²) in [4.78, 5) is 21.3. The molecule has 26 heavy (non-hydrogen) atoms. The first kappa shape index (κ1) is 17.2. The van der Waals surface area contributed by atoms with Gasteiger partial charge in [0, 0.05) is 49.9 Å². The van der Waals surface area contributed by atoms with Crippen LogP contribution >= 0.6 is 0 Å². The molecule has 0 N–H and O–H groups in total. The zero-order chi connectivity index (χ0) is 18.0. The number of nitrogens with zero attached hydrogens (tertiary/aromatic N) is 3. The van der Waals surface area contributed by atoms with E-state index in [0.717, 1.165) is 44.6 Å². The first-order chi connectivity index (χ1) is 12.7. The topological polar surface area (TPSA) is 36.4 Å². The number of likely N-dealkylation sites (tertiary alicyclic amines) is 2. The van der Waals surface area contributed by atoms with Gasteiger partial charge in [-0.3, -0.25) is 14.7 Å². The van der Waals surface area contributed by atoms with Crippen LogP contribution in [0.25, 0.3) is 0 Å². The van der Waals surface area contributed by atoms with E-state index in [4.69, 9.17) is 0 Å². The van der Waals surface area contributed by atoms with Crippen molar-refractivity contribution in [3.05, 3.63) is 65.7 Å². The molecule has 2 saturated heterocycles. The van der Waals surface area contributed by atoms with Gasteiger partial charge >= 0.3 is 0 Å². The Balaban J connectivity index is 1.44. The Kier molecular flexibility index (Phi) is 4.72. The number of pyridine rings is 1. The standard InChI is InChI=1S/C21H24FN3O/c22-19-7-2-1-5-17(19)15-25-20(26)8-9-21(25)10-13-24(14-11-21)16-18-6-3-4-12-23-18/h1-7,12H,8-11,13-16H2. The van der Waals surface area contributed by atoms with Crippen LogP contribution in [0.4, 0.5) is 4.39 Å². The van der Waals surface area contributed by atoms with E-state index < -0.39 is 0 Å². The smallest absolute Gasteiger partial charge is 0.223 e. The van der Waals surface area contributed by atoms with Gasteiger partial charge in [-0.05, 0) is 37.5 Å². The van der Waals surface area contributed by atoms with Gasteiger partial charge in [0.25, 0.3) is 0 Å². The van der Waals surface area contributed by atoms with Crippen LogP contribution in [-0.2, 0) is 17.9 Å². The van der Waals surface area contributed by atoms with E-state index in [9.17, 15) is 9.18 Å². The number of aromatic nitrogens is 1. The maximum atomic E-state index is 14.1. The zero-order valence-corrected chi connectivity index (χ0v) is 14.9. The van der Waals surface area contributed by atoms with Crippen LogP contribution in [0.1, 0.15) is 36.9 Å². The van der Waals surface area contributed by atoms with Crippen LogP contribution in [0, 0.1) is 5.82 Å². The number of piperidine rings is 1. The van der Waals surface area contributed by atoms with Gasteiger partial charge in [0.15, 0.2) is 0 Å². The summed E-state index contributed by atoms with van der Waals surface area (Å²) < 4.78 is 14.1. The third-order valence-corrected chi connectivity index (χ3v) is 5.86. The molecule has 136 valence electrons. The fourth-order valence-electron chi connectivity index (χ4n) is 4.29. The van der Waals surface area contributed by atoms with Gasteiger partial charge in [-0.25, -0.2) is 4.39 Å². The number of carbonyl (C=O) groups is 1. The number of hydrogen-bond acceptors (Lipinski definition) is 3. The fourth-order valence-corrected chi connectivity index (χ4v) is 4.29. The van der Waals surface area contributed by atoms with Gasteiger partial charge < -0.3 is 4.90 Å². The summed E-state index contributed by atoms with van der Waals surface area (Å²) >= 11 is 0. The summed E-state index contributed by atoms with van der Waals surface area (Å²) in [6, 6.07) is 12.8. The normalized spacial score (nSPS) is 20.0. The second kappa shape index (κ2) is 7.16. The Bertz CT molecular complexity index is 772. The van der Waals surface area contributed by atoms with Crippen molar-refractivity contribution in [3.8, 4) is 0 Å². The minimum absolute atomic E-state index is 0.111. The highest BCUT2D eigenvalue weighted by molar-refractivity contribution is 5.79. The Labute approximate surface area is 153 Å². The van der Waals surface area contributed by atoms with Gasteiger partial charge in [-0.2, -0.15) is 0 Å². The van der Waals surface area contributed by atoms with E-state index in [1.165, 1.54) is 6.07 Å². The lowest BCUT2D eigenvalue weighted by Gasteiger charge is -2.45. The predicted molar refractivity (Wildman–Crippen MR) is 97.7 cm³/mol. The molecule has 3 heterocycles. The molecular weight excluding hydrogens is 329 g/mol. The molecule has 0 unspecified atom stereocenters. The second-order valence-electron chi connectivity index (χ2n) is 7.39. The van der Waals surface area contributed by atoms with E-state index in [1.54, 1.807) is 12.1 Å². The quantitative estimate of drug-likeness (QED) is 0.845. The number of amides is 1. The molecule has 1 amide bonds. The lowest BCUT2D eigenvalue weighted by atomic mass is 9.84. The molecule has 5 heteroatoms. The van der Waals surface area contributed by atoms with Crippen molar-refractivity contribution in [2.75, 3.05) is 13.1 Å². The van der Waals surface area contributed by atoms with Crippen molar-refractivity contribution >= 4 is 5.91 Å². The number of benzene rings is 1. The van der Waals surface area contributed by atoms with Crippen molar-refractivity contribution < 1.29 is 9.18 Å². The van der Waals surface area contributed by atoms with E-state index >= 15 is 0 Å². The second-order valence-corrected chi connectivity index (χ2v) is 7.39. The predicted octanol–water partition coefficient (Wildman–Crippen LogP) is 3.38. The molecule has 1 aromatic heterocycles. The fraction of sp³-hybridized carbons (Fsp3) is 0.429. The molecule has 1 spiro atoms. The van der Waals surface area contributed by atoms with E-state index in [2.05, 4.69) is 9.88 Å². The Hall–Kier alpha value is -2.27. The maximum Gasteiger partial charge on any atom is 0.223 e. The van der Waals surface area contributed by atoms with Gasteiger partial charge in [0.2, 0.25) is 5.91 Å². The van der Waals surface area contributed by atoms with E-state index in [-0.39, 0.29) is 17.3 Å².